The zero-order chi connectivity index (χ0) is 12.5. The van der Waals surface area contributed by atoms with Crippen LogP contribution in [0.3, 0.4) is 0 Å². The van der Waals surface area contributed by atoms with Crippen LogP contribution in [0.4, 0.5) is 0 Å². The van der Waals surface area contributed by atoms with Crippen LogP contribution < -0.4 is 5.32 Å². The average molecular weight is 250 g/mol. The standard InChI is InChI=1S/C16H30N2/c1-3-12(2)15-11-18(9-8-13-4-5-13)16(10-17-15)14-6-7-14/h12-17H,3-11H2,1-2H3. The minimum absolute atomic E-state index is 0.740. The monoisotopic (exact) mass is 250 g/mol. The molecule has 0 amide bonds. The van der Waals surface area contributed by atoms with Gasteiger partial charge in [-0.1, -0.05) is 33.1 Å². The Morgan fingerprint density at radius 3 is 2.61 bits per heavy atom. The number of piperazine rings is 1. The van der Waals surface area contributed by atoms with E-state index >= 15 is 0 Å². The summed E-state index contributed by atoms with van der Waals surface area (Å²) < 4.78 is 0. The highest BCUT2D eigenvalue weighted by molar-refractivity contribution is 4.96. The molecule has 1 N–H and O–H groups in total. The van der Waals surface area contributed by atoms with Crippen molar-refractivity contribution in [2.45, 2.75) is 64.5 Å². The lowest BCUT2D eigenvalue weighted by Crippen LogP contribution is -2.59. The summed E-state index contributed by atoms with van der Waals surface area (Å²) in [7, 11) is 0. The Kier molecular flexibility index (Phi) is 3.95. The van der Waals surface area contributed by atoms with Crippen LogP contribution in [0.5, 0.6) is 0 Å². The molecule has 2 heteroatoms. The number of nitrogens with zero attached hydrogens (tertiary/aromatic N) is 1. The van der Waals surface area contributed by atoms with E-state index in [9.17, 15) is 0 Å². The summed E-state index contributed by atoms with van der Waals surface area (Å²) in [6.45, 7) is 8.68. The molecule has 2 aliphatic carbocycles. The van der Waals surface area contributed by atoms with Crippen LogP contribution in [0.2, 0.25) is 0 Å². The minimum Gasteiger partial charge on any atom is -0.311 e. The Morgan fingerprint density at radius 2 is 2.00 bits per heavy atom. The van der Waals surface area contributed by atoms with Crippen molar-refractivity contribution in [3.63, 3.8) is 0 Å². The van der Waals surface area contributed by atoms with Crippen molar-refractivity contribution in [1.29, 1.82) is 0 Å². The molecule has 0 aromatic rings. The van der Waals surface area contributed by atoms with Crippen LogP contribution in [0.1, 0.15) is 52.4 Å². The molecule has 3 rings (SSSR count). The van der Waals surface area contributed by atoms with Crippen molar-refractivity contribution >= 4 is 0 Å². The Morgan fingerprint density at radius 1 is 1.22 bits per heavy atom. The van der Waals surface area contributed by atoms with E-state index < -0.39 is 0 Å². The molecule has 18 heavy (non-hydrogen) atoms. The Bertz CT molecular complexity index is 270. The molecule has 0 bridgehead atoms. The first kappa shape index (κ1) is 12.9. The van der Waals surface area contributed by atoms with Gasteiger partial charge in [0.1, 0.15) is 0 Å². The molecule has 104 valence electrons. The average Bonchev–Trinajstić information content (AvgIpc) is 3.28. The molecule has 3 aliphatic rings. The first-order valence-electron chi connectivity index (χ1n) is 8.25. The molecular formula is C16H30N2. The second kappa shape index (κ2) is 5.50. The highest BCUT2D eigenvalue weighted by Crippen LogP contribution is 2.38. The number of rotatable bonds is 6. The molecule has 3 unspecified atom stereocenters. The predicted molar refractivity (Wildman–Crippen MR) is 76.7 cm³/mol. The molecule has 1 heterocycles. The largest absolute Gasteiger partial charge is 0.311 e. The van der Waals surface area contributed by atoms with Gasteiger partial charge in [-0.15, -0.1) is 0 Å². The van der Waals surface area contributed by atoms with Crippen LogP contribution in [0, 0.1) is 17.8 Å². The molecule has 0 aromatic heterocycles. The summed E-state index contributed by atoms with van der Waals surface area (Å²) in [6.07, 6.45) is 8.77. The third-order valence-electron chi connectivity index (χ3n) is 5.51. The maximum absolute atomic E-state index is 3.83. The summed E-state index contributed by atoms with van der Waals surface area (Å²) in [5, 5.41) is 3.83. The van der Waals surface area contributed by atoms with Gasteiger partial charge in [0.2, 0.25) is 0 Å². The van der Waals surface area contributed by atoms with Gasteiger partial charge in [-0.2, -0.15) is 0 Å². The van der Waals surface area contributed by atoms with E-state index in [1.165, 1.54) is 58.2 Å². The predicted octanol–water partition coefficient (Wildman–Crippen LogP) is 2.89. The first-order chi connectivity index (χ1) is 8.78. The SMILES string of the molecule is CCC(C)C1CN(CCC2CC2)C(C2CC2)CN1. The first-order valence-corrected chi connectivity index (χ1v) is 8.25. The van der Waals surface area contributed by atoms with E-state index in [0.29, 0.717) is 0 Å². The normalized spacial score (nSPS) is 35.7. The lowest BCUT2D eigenvalue weighted by molar-refractivity contribution is 0.0933. The topological polar surface area (TPSA) is 15.3 Å². The fraction of sp³-hybridized carbons (Fsp3) is 1.00. The molecule has 0 spiro atoms. The smallest absolute Gasteiger partial charge is 0.0249 e. The van der Waals surface area contributed by atoms with Crippen molar-refractivity contribution < 1.29 is 0 Å². The zero-order valence-corrected chi connectivity index (χ0v) is 12.2. The number of hydrogen-bond acceptors (Lipinski definition) is 2. The molecule has 2 nitrogen and oxygen atoms in total. The van der Waals surface area contributed by atoms with Gasteiger partial charge >= 0.3 is 0 Å². The molecular weight excluding hydrogens is 220 g/mol. The van der Waals surface area contributed by atoms with E-state index in [-0.39, 0.29) is 0 Å². The zero-order valence-electron chi connectivity index (χ0n) is 12.2. The summed E-state index contributed by atoms with van der Waals surface area (Å²) in [5.41, 5.74) is 0. The van der Waals surface area contributed by atoms with E-state index in [1.54, 1.807) is 0 Å². The van der Waals surface area contributed by atoms with Crippen LogP contribution >= 0.6 is 0 Å². The van der Waals surface area contributed by atoms with Gasteiger partial charge < -0.3 is 5.32 Å². The highest BCUT2D eigenvalue weighted by atomic mass is 15.2. The van der Waals surface area contributed by atoms with Gasteiger partial charge in [-0.3, -0.25) is 4.90 Å². The van der Waals surface area contributed by atoms with E-state index in [2.05, 4.69) is 24.1 Å². The minimum atomic E-state index is 0.740. The molecule has 0 radical (unpaired) electrons. The van der Waals surface area contributed by atoms with Crippen LogP contribution in [0.25, 0.3) is 0 Å². The second-order valence-corrected chi connectivity index (χ2v) is 7.03. The van der Waals surface area contributed by atoms with E-state index in [0.717, 1.165) is 29.8 Å². The molecule has 1 saturated heterocycles. The second-order valence-electron chi connectivity index (χ2n) is 7.03. The molecule has 3 fully saturated rings. The van der Waals surface area contributed by atoms with Gasteiger partial charge in [-0.25, -0.2) is 0 Å². The van der Waals surface area contributed by atoms with Crippen molar-refractivity contribution in [2.24, 2.45) is 17.8 Å². The van der Waals surface area contributed by atoms with Crippen molar-refractivity contribution in [2.75, 3.05) is 19.6 Å². The quantitative estimate of drug-likeness (QED) is 0.780. The van der Waals surface area contributed by atoms with Gasteiger partial charge in [0.05, 0.1) is 0 Å². The molecule has 0 aromatic carbocycles. The van der Waals surface area contributed by atoms with Crippen LogP contribution in [0.15, 0.2) is 0 Å². The Labute approximate surface area is 113 Å². The maximum atomic E-state index is 3.83. The van der Waals surface area contributed by atoms with Crippen molar-refractivity contribution in [3.8, 4) is 0 Å². The Balaban J connectivity index is 1.55. The Hall–Kier alpha value is -0.0800. The van der Waals surface area contributed by atoms with Crippen LogP contribution in [-0.2, 0) is 0 Å². The summed E-state index contributed by atoms with van der Waals surface area (Å²) in [4.78, 5) is 2.85. The van der Waals surface area contributed by atoms with E-state index in [1.807, 2.05) is 0 Å². The van der Waals surface area contributed by atoms with Gasteiger partial charge in [0, 0.05) is 25.2 Å². The molecule has 1 aliphatic heterocycles. The molecule has 3 atom stereocenters. The summed E-state index contributed by atoms with van der Waals surface area (Å²) in [6, 6.07) is 1.60. The van der Waals surface area contributed by atoms with Gasteiger partial charge in [0.15, 0.2) is 0 Å². The molecule has 2 saturated carbocycles. The maximum Gasteiger partial charge on any atom is 0.0249 e. The highest BCUT2D eigenvalue weighted by Gasteiger charge is 2.39. The van der Waals surface area contributed by atoms with Gasteiger partial charge in [0.25, 0.3) is 0 Å². The van der Waals surface area contributed by atoms with E-state index in [4.69, 9.17) is 0 Å². The summed E-state index contributed by atoms with van der Waals surface area (Å²) in [5.74, 6) is 2.94. The number of hydrogen-bond donors (Lipinski definition) is 1. The fourth-order valence-corrected chi connectivity index (χ4v) is 3.48. The fourth-order valence-electron chi connectivity index (χ4n) is 3.48. The third-order valence-corrected chi connectivity index (χ3v) is 5.51. The van der Waals surface area contributed by atoms with Gasteiger partial charge in [-0.05, 0) is 43.6 Å². The van der Waals surface area contributed by atoms with Crippen molar-refractivity contribution in [1.82, 2.24) is 10.2 Å². The lowest BCUT2D eigenvalue weighted by atomic mass is 9.94. The number of nitrogens with one attached hydrogen (secondary N) is 1. The summed E-state index contributed by atoms with van der Waals surface area (Å²) >= 11 is 0. The van der Waals surface area contributed by atoms with Crippen LogP contribution in [-0.4, -0.2) is 36.6 Å². The lowest BCUT2D eigenvalue weighted by Gasteiger charge is -2.42. The third kappa shape index (κ3) is 3.08. The van der Waals surface area contributed by atoms with Crippen molar-refractivity contribution in [3.05, 3.63) is 0 Å².